The summed E-state index contributed by atoms with van der Waals surface area (Å²) >= 11 is 0. The number of nitrogens with zero attached hydrogens (tertiary/aromatic N) is 2. The van der Waals surface area contributed by atoms with Gasteiger partial charge in [0.25, 0.3) is 0 Å². The molecule has 29 heavy (non-hydrogen) atoms. The molecule has 1 unspecified atom stereocenters. The summed E-state index contributed by atoms with van der Waals surface area (Å²) in [6, 6.07) is 11.3. The highest BCUT2D eigenvalue weighted by atomic mass is 19.4. The number of alkyl halides is 3. The molecule has 1 atom stereocenters. The van der Waals surface area contributed by atoms with Gasteiger partial charge in [-0.05, 0) is 47.9 Å². The maximum atomic E-state index is 13.6. The molecule has 3 rings (SSSR count). The Morgan fingerprint density at radius 2 is 1.72 bits per heavy atom. The van der Waals surface area contributed by atoms with Crippen molar-refractivity contribution in [1.82, 2.24) is 15.1 Å². The van der Waals surface area contributed by atoms with Crippen LogP contribution in [0, 0.1) is 11.6 Å². The van der Waals surface area contributed by atoms with Crippen molar-refractivity contribution < 1.29 is 26.7 Å². The molecule has 9 heteroatoms. The molecule has 152 valence electrons. The van der Waals surface area contributed by atoms with E-state index >= 15 is 0 Å². The van der Waals surface area contributed by atoms with Crippen molar-refractivity contribution in [3.63, 3.8) is 0 Å². The van der Waals surface area contributed by atoms with Gasteiger partial charge in [0.2, 0.25) is 5.91 Å². The van der Waals surface area contributed by atoms with E-state index in [9.17, 15) is 26.7 Å². The molecule has 0 aliphatic carbocycles. The molecule has 1 heterocycles. The van der Waals surface area contributed by atoms with Gasteiger partial charge in [0.05, 0.1) is 6.04 Å². The Hall–Kier alpha value is -3.23. The predicted molar refractivity (Wildman–Crippen MR) is 94.6 cm³/mol. The van der Waals surface area contributed by atoms with Crippen molar-refractivity contribution in [2.75, 3.05) is 0 Å². The second-order valence-corrected chi connectivity index (χ2v) is 6.41. The van der Waals surface area contributed by atoms with Crippen LogP contribution in [0.2, 0.25) is 0 Å². The van der Waals surface area contributed by atoms with Crippen LogP contribution in [0.25, 0.3) is 0 Å². The average Bonchev–Trinajstić information content (AvgIpc) is 3.10. The number of nitrogens with one attached hydrogen (secondary N) is 1. The Morgan fingerprint density at radius 1 is 1.03 bits per heavy atom. The van der Waals surface area contributed by atoms with Crippen molar-refractivity contribution in [2.24, 2.45) is 0 Å². The molecular formula is C20H16F5N3O. The van der Waals surface area contributed by atoms with Crippen LogP contribution in [0.5, 0.6) is 0 Å². The standard InChI is InChI=1S/C20H16F5N3O/c21-15-5-1-3-13(9-15)10-17(14-4-2-6-16(22)11-14)26-19(29)12-28-8-7-18(27-28)20(23,24)25/h1-9,11,17H,10,12H2,(H,26,29). The summed E-state index contributed by atoms with van der Waals surface area (Å²) in [7, 11) is 0. The molecular weight excluding hydrogens is 393 g/mol. The zero-order chi connectivity index (χ0) is 21.0. The van der Waals surface area contributed by atoms with Gasteiger partial charge in [-0.3, -0.25) is 9.48 Å². The summed E-state index contributed by atoms with van der Waals surface area (Å²) in [5.41, 5.74) is -0.0937. The predicted octanol–water partition coefficient (Wildman–Crippen LogP) is 4.28. The topological polar surface area (TPSA) is 46.9 Å². The van der Waals surface area contributed by atoms with Gasteiger partial charge in [-0.25, -0.2) is 8.78 Å². The first-order chi connectivity index (χ1) is 13.7. The summed E-state index contributed by atoms with van der Waals surface area (Å²) in [6.45, 7) is -0.453. The van der Waals surface area contributed by atoms with E-state index in [-0.39, 0.29) is 6.42 Å². The van der Waals surface area contributed by atoms with E-state index in [1.54, 1.807) is 12.1 Å². The van der Waals surface area contributed by atoms with E-state index in [2.05, 4.69) is 10.4 Å². The third-order valence-electron chi connectivity index (χ3n) is 4.15. The van der Waals surface area contributed by atoms with E-state index in [4.69, 9.17) is 0 Å². The molecule has 0 aliphatic heterocycles. The smallest absolute Gasteiger partial charge is 0.347 e. The van der Waals surface area contributed by atoms with Crippen molar-refractivity contribution in [1.29, 1.82) is 0 Å². The van der Waals surface area contributed by atoms with Gasteiger partial charge >= 0.3 is 6.18 Å². The monoisotopic (exact) mass is 409 g/mol. The van der Waals surface area contributed by atoms with Gasteiger partial charge in [-0.1, -0.05) is 24.3 Å². The second-order valence-electron chi connectivity index (χ2n) is 6.41. The molecule has 0 aliphatic rings. The lowest BCUT2D eigenvalue weighted by Crippen LogP contribution is -2.33. The molecule has 0 fully saturated rings. The normalized spacial score (nSPS) is 12.6. The summed E-state index contributed by atoms with van der Waals surface area (Å²) in [4.78, 5) is 12.4. The first-order valence-corrected chi connectivity index (χ1v) is 8.60. The fraction of sp³-hybridized carbons (Fsp3) is 0.200. The molecule has 0 bridgehead atoms. The van der Waals surface area contributed by atoms with Gasteiger partial charge in [0.15, 0.2) is 5.69 Å². The van der Waals surface area contributed by atoms with Gasteiger partial charge in [-0.2, -0.15) is 18.3 Å². The van der Waals surface area contributed by atoms with Crippen LogP contribution in [0.15, 0.2) is 60.8 Å². The number of benzene rings is 2. The van der Waals surface area contributed by atoms with Crippen LogP contribution in [0.1, 0.15) is 22.9 Å². The van der Waals surface area contributed by atoms with E-state index in [0.29, 0.717) is 11.1 Å². The molecule has 1 aromatic heterocycles. The number of aromatic nitrogens is 2. The van der Waals surface area contributed by atoms with Crippen molar-refractivity contribution in [3.8, 4) is 0 Å². The molecule has 3 aromatic rings. The number of hydrogen-bond donors (Lipinski definition) is 1. The quantitative estimate of drug-likeness (QED) is 0.618. The summed E-state index contributed by atoms with van der Waals surface area (Å²) < 4.78 is 65.9. The molecule has 2 aromatic carbocycles. The van der Waals surface area contributed by atoms with Crippen LogP contribution in [0.3, 0.4) is 0 Å². The highest BCUT2D eigenvalue weighted by molar-refractivity contribution is 5.76. The average molecular weight is 409 g/mol. The van der Waals surface area contributed by atoms with E-state index < -0.39 is 42.0 Å². The molecule has 4 nitrogen and oxygen atoms in total. The Bertz CT molecular complexity index is 1000. The lowest BCUT2D eigenvalue weighted by molar-refractivity contribution is -0.141. The minimum atomic E-state index is -4.61. The lowest BCUT2D eigenvalue weighted by Gasteiger charge is -2.20. The zero-order valence-corrected chi connectivity index (χ0v) is 15.0. The number of rotatable bonds is 6. The van der Waals surface area contributed by atoms with Gasteiger partial charge in [0, 0.05) is 6.20 Å². The summed E-state index contributed by atoms with van der Waals surface area (Å²) in [5, 5.41) is 5.99. The van der Waals surface area contributed by atoms with Crippen molar-refractivity contribution in [3.05, 3.63) is 89.2 Å². The lowest BCUT2D eigenvalue weighted by atomic mass is 9.98. The highest BCUT2D eigenvalue weighted by Gasteiger charge is 2.33. The molecule has 0 radical (unpaired) electrons. The zero-order valence-electron chi connectivity index (χ0n) is 15.0. The fourth-order valence-corrected chi connectivity index (χ4v) is 2.86. The van der Waals surface area contributed by atoms with Crippen LogP contribution >= 0.6 is 0 Å². The molecule has 0 saturated heterocycles. The Balaban J connectivity index is 1.77. The maximum Gasteiger partial charge on any atom is 0.435 e. The Morgan fingerprint density at radius 3 is 2.34 bits per heavy atom. The van der Waals surface area contributed by atoms with Crippen LogP contribution in [-0.2, 0) is 23.9 Å². The van der Waals surface area contributed by atoms with Crippen LogP contribution in [-0.4, -0.2) is 15.7 Å². The van der Waals surface area contributed by atoms with E-state index in [1.807, 2.05) is 0 Å². The minimum Gasteiger partial charge on any atom is -0.347 e. The summed E-state index contributed by atoms with van der Waals surface area (Å²) in [6.07, 6.45) is -3.39. The molecule has 0 spiro atoms. The first-order valence-electron chi connectivity index (χ1n) is 8.60. The van der Waals surface area contributed by atoms with Crippen LogP contribution < -0.4 is 5.32 Å². The van der Waals surface area contributed by atoms with Gasteiger partial charge < -0.3 is 5.32 Å². The van der Waals surface area contributed by atoms with E-state index in [0.717, 1.165) is 16.9 Å². The van der Waals surface area contributed by atoms with Gasteiger partial charge in [0.1, 0.15) is 18.2 Å². The molecule has 1 N–H and O–H groups in total. The molecule has 1 amide bonds. The van der Waals surface area contributed by atoms with E-state index in [1.165, 1.54) is 36.4 Å². The van der Waals surface area contributed by atoms with Crippen molar-refractivity contribution in [2.45, 2.75) is 25.2 Å². The number of amides is 1. The number of carbonyl (C=O) groups is 1. The Labute approximate surface area is 163 Å². The minimum absolute atomic E-state index is 0.167. The van der Waals surface area contributed by atoms with Crippen molar-refractivity contribution >= 4 is 5.91 Å². The highest BCUT2D eigenvalue weighted by Crippen LogP contribution is 2.27. The second kappa shape index (κ2) is 8.42. The number of carbonyl (C=O) groups excluding carboxylic acids is 1. The largest absolute Gasteiger partial charge is 0.435 e. The number of hydrogen-bond acceptors (Lipinski definition) is 2. The van der Waals surface area contributed by atoms with Gasteiger partial charge in [-0.15, -0.1) is 0 Å². The van der Waals surface area contributed by atoms with Crippen LogP contribution in [0.4, 0.5) is 22.0 Å². The third kappa shape index (κ3) is 5.63. The Kier molecular flexibility index (Phi) is 5.95. The number of halogens is 5. The third-order valence-corrected chi connectivity index (χ3v) is 4.15. The summed E-state index contributed by atoms with van der Waals surface area (Å²) in [5.74, 6) is -1.58. The fourth-order valence-electron chi connectivity index (χ4n) is 2.86. The first kappa shape index (κ1) is 20.5. The maximum absolute atomic E-state index is 13.6. The molecule has 0 saturated carbocycles. The SMILES string of the molecule is O=C(Cn1ccc(C(F)(F)F)n1)NC(Cc1cccc(F)c1)c1cccc(F)c1.